The lowest BCUT2D eigenvalue weighted by atomic mass is 10.1. The molecular formula is C8H12ClN3OS. The first-order valence-electron chi connectivity index (χ1n) is 4.41. The Balaban J connectivity index is 2.47. The summed E-state index contributed by atoms with van der Waals surface area (Å²) in [5.41, 5.74) is 0.378. The van der Waals surface area contributed by atoms with Gasteiger partial charge in [-0.3, -0.25) is 4.79 Å². The second-order valence-corrected chi connectivity index (χ2v) is 3.83. The summed E-state index contributed by atoms with van der Waals surface area (Å²) < 4.78 is 3.63. The van der Waals surface area contributed by atoms with Gasteiger partial charge in [0.25, 0.3) is 5.91 Å². The van der Waals surface area contributed by atoms with E-state index in [1.54, 1.807) is 5.38 Å². The van der Waals surface area contributed by atoms with Gasteiger partial charge in [-0.15, -0.1) is 16.7 Å². The monoisotopic (exact) mass is 233 g/mol. The molecular weight excluding hydrogens is 222 g/mol. The Hall–Kier alpha value is -0.680. The molecule has 6 heteroatoms. The van der Waals surface area contributed by atoms with Crippen LogP contribution < -0.4 is 5.32 Å². The minimum absolute atomic E-state index is 0.127. The molecule has 0 radical (unpaired) electrons. The molecule has 14 heavy (non-hydrogen) atoms. The van der Waals surface area contributed by atoms with Gasteiger partial charge in [0.2, 0.25) is 0 Å². The van der Waals surface area contributed by atoms with E-state index in [0.717, 1.165) is 12.8 Å². The van der Waals surface area contributed by atoms with Gasteiger partial charge in [-0.2, -0.15) is 0 Å². The summed E-state index contributed by atoms with van der Waals surface area (Å²) in [5, 5.41) is 8.17. The van der Waals surface area contributed by atoms with Crippen molar-refractivity contribution in [3.05, 3.63) is 11.1 Å². The van der Waals surface area contributed by atoms with Crippen molar-refractivity contribution in [3.63, 3.8) is 0 Å². The van der Waals surface area contributed by atoms with Crippen molar-refractivity contribution in [1.82, 2.24) is 14.9 Å². The topological polar surface area (TPSA) is 54.9 Å². The average Bonchev–Trinajstić information content (AvgIpc) is 2.69. The molecule has 1 rings (SSSR count). The molecule has 1 unspecified atom stereocenters. The van der Waals surface area contributed by atoms with Crippen LogP contribution in [0.5, 0.6) is 0 Å². The second-order valence-electron chi connectivity index (χ2n) is 2.85. The summed E-state index contributed by atoms with van der Waals surface area (Å²) >= 11 is 6.77. The first kappa shape index (κ1) is 11.4. The van der Waals surface area contributed by atoms with Crippen LogP contribution in [-0.4, -0.2) is 27.4 Å². The van der Waals surface area contributed by atoms with Gasteiger partial charge in [-0.05, 0) is 24.4 Å². The molecule has 4 nitrogen and oxygen atoms in total. The molecule has 1 aromatic rings. The average molecular weight is 234 g/mol. The van der Waals surface area contributed by atoms with E-state index in [9.17, 15) is 4.79 Å². The van der Waals surface area contributed by atoms with E-state index in [-0.39, 0.29) is 11.9 Å². The minimum Gasteiger partial charge on any atom is -0.348 e. The van der Waals surface area contributed by atoms with Crippen LogP contribution in [0.25, 0.3) is 0 Å². The maximum Gasteiger partial charge on any atom is 0.272 e. The molecule has 1 atom stereocenters. The summed E-state index contributed by atoms with van der Waals surface area (Å²) in [6.45, 7) is 2.01. The third kappa shape index (κ3) is 3.23. The number of hydrogen-bond acceptors (Lipinski definition) is 4. The molecule has 0 aromatic carbocycles. The van der Waals surface area contributed by atoms with Crippen LogP contribution in [0.2, 0.25) is 0 Å². The molecule has 0 aliphatic heterocycles. The van der Waals surface area contributed by atoms with Crippen molar-refractivity contribution < 1.29 is 4.79 Å². The molecule has 1 heterocycles. The highest BCUT2D eigenvalue weighted by atomic mass is 35.5. The van der Waals surface area contributed by atoms with Crippen LogP contribution in [0, 0.1) is 0 Å². The lowest BCUT2D eigenvalue weighted by Gasteiger charge is -2.14. The fourth-order valence-electron chi connectivity index (χ4n) is 1.03. The highest BCUT2D eigenvalue weighted by Gasteiger charge is 2.13. The van der Waals surface area contributed by atoms with Crippen molar-refractivity contribution in [1.29, 1.82) is 0 Å². The van der Waals surface area contributed by atoms with E-state index in [1.807, 2.05) is 6.92 Å². The Morgan fingerprint density at radius 1 is 1.79 bits per heavy atom. The fourth-order valence-corrected chi connectivity index (χ4v) is 1.73. The number of nitrogens with one attached hydrogen (secondary N) is 1. The van der Waals surface area contributed by atoms with Crippen molar-refractivity contribution in [2.24, 2.45) is 0 Å². The van der Waals surface area contributed by atoms with Crippen molar-refractivity contribution >= 4 is 29.0 Å². The third-order valence-corrected chi connectivity index (χ3v) is 2.60. The van der Waals surface area contributed by atoms with E-state index in [2.05, 4.69) is 14.9 Å². The molecule has 1 N–H and O–H groups in total. The van der Waals surface area contributed by atoms with E-state index >= 15 is 0 Å². The molecule has 0 saturated carbocycles. The van der Waals surface area contributed by atoms with E-state index in [1.165, 1.54) is 11.5 Å². The van der Waals surface area contributed by atoms with Gasteiger partial charge in [0.1, 0.15) is 0 Å². The quantitative estimate of drug-likeness (QED) is 0.788. The van der Waals surface area contributed by atoms with Crippen molar-refractivity contribution in [3.8, 4) is 0 Å². The summed E-state index contributed by atoms with van der Waals surface area (Å²) in [7, 11) is 0. The summed E-state index contributed by atoms with van der Waals surface area (Å²) in [6, 6.07) is 0.127. The molecule has 1 amide bonds. The summed E-state index contributed by atoms with van der Waals surface area (Å²) in [5.74, 6) is 0.379. The highest BCUT2D eigenvalue weighted by Crippen LogP contribution is 2.02. The Morgan fingerprint density at radius 3 is 3.07 bits per heavy atom. The zero-order valence-corrected chi connectivity index (χ0v) is 9.44. The Kier molecular flexibility index (Phi) is 4.82. The zero-order chi connectivity index (χ0) is 10.4. The number of halogens is 1. The van der Waals surface area contributed by atoms with Crippen LogP contribution in [0.3, 0.4) is 0 Å². The molecule has 0 fully saturated rings. The van der Waals surface area contributed by atoms with Gasteiger partial charge >= 0.3 is 0 Å². The van der Waals surface area contributed by atoms with E-state index in [0.29, 0.717) is 11.6 Å². The van der Waals surface area contributed by atoms with Crippen LogP contribution in [0.1, 0.15) is 30.3 Å². The smallest absolute Gasteiger partial charge is 0.272 e. The normalized spacial score (nSPS) is 12.4. The second kappa shape index (κ2) is 5.93. The van der Waals surface area contributed by atoms with Gasteiger partial charge < -0.3 is 5.32 Å². The number of hydrogen-bond donors (Lipinski definition) is 1. The number of rotatable bonds is 5. The van der Waals surface area contributed by atoms with Gasteiger partial charge in [0.15, 0.2) is 5.69 Å². The minimum atomic E-state index is -0.171. The predicted octanol–water partition coefficient (Wildman–Crippen LogP) is 1.68. The van der Waals surface area contributed by atoms with Gasteiger partial charge in [0.05, 0.1) is 0 Å². The lowest BCUT2D eigenvalue weighted by molar-refractivity contribution is 0.0930. The molecule has 0 spiro atoms. The summed E-state index contributed by atoms with van der Waals surface area (Å²) in [4.78, 5) is 11.5. The first-order valence-corrected chi connectivity index (χ1v) is 5.79. The van der Waals surface area contributed by atoms with Gasteiger partial charge in [-0.1, -0.05) is 11.4 Å². The van der Waals surface area contributed by atoms with Crippen LogP contribution in [0.15, 0.2) is 5.38 Å². The number of nitrogens with zero attached hydrogens (tertiary/aromatic N) is 2. The predicted molar refractivity (Wildman–Crippen MR) is 56.8 cm³/mol. The van der Waals surface area contributed by atoms with Gasteiger partial charge in [0, 0.05) is 17.3 Å². The van der Waals surface area contributed by atoms with Crippen LogP contribution in [0.4, 0.5) is 0 Å². The molecule has 1 aromatic heterocycles. The SMILES string of the molecule is CCC(CCCl)NC(=O)c1csnn1. The van der Waals surface area contributed by atoms with Gasteiger partial charge in [-0.25, -0.2) is 0 Å². The van der Waals surface area contributed by atoms with Crippen LogP contribution in [-0.2, 0) is 0 Å². The molecule has 0 bridgehead atoms. The zero-order valence-electron chi connectivity index (χ0n) is 7.86. The van der Waals surface area contributed by atoms with Crippen molar-refractivity contribution in [2.45, 2.75) is 25.8 Å². The maximum atomic E-state index is 11.5. The summed E-state index contributed by atoms with van der Waals surface area (Å²) in [6.07, 6.45) is 1.65. The molecule has 0 aliphatic carbocycles. The third-order valence-electron chi connectivity index (χ3n) is 1.88. The Bertz CT molecular complexity index is 278. The number of aromatic nitrogens is 2. The fraction of sp³-hybridized carbons (Fsp3) is 0.625. The Morgan fingerprint density at radius 2 is 2.57 bits per heavy atom. The molecule has 78 valence electrons. The number of amides is 1. The maximum absolute atomic E-state index is 11.5. The van der Waals surface area contributed by atoms with E-state index in [4.69, 9.17) is 11.6 Å². The molecule has 0 aliphatic rings. The lowest BCUT2D eigenvalue weighted by Crippen LogP contribution is -2.34. The van der Waals surface area contributed by atoms with E-state index < -0.39 is 0 Å². The molecule has 0 saturated heterocycles. The number of carbonyl (C=O) groups excluding carboxylic acids is 1. The standard InChI is InChI=1S/C8H12ClN3OS/c1-2-6(3-4-9)10-8(13)7-5-14-12-11-7/h5-6H,2-4H2,1H3,(H,10,13). The van der Waals surface area contributed by atoms with Crippen molar-refractivity contribution in [2.75, 3.05) is 5.88 Å². The largest absolute Gasteiger partial charge is 0.348 e. The number of carbonyl (C=O) groups is 1. The first-order chi connectivity index (χ1) is 6.77. The number of alkyl halides is 1. The van der Waals surface area contributed by atoms with Crippen LogP contribution >= 0.6 is 23.1 Å². The Labute approximate surface area is 91.8 Å². The highest BCUT2D eigenvalue weighted by molar-refractivity contribution is 7.03.